The molecule has 252 valence electrons. The maximum Gasteiger partial charge on any atom is 0.246 e. The highest BCUT2D eigenvalue weighted by Crippen LogP contribution is 2.45. The van der Waals surface area contributed by atoms with Crippen molar-refractivity contribution in [2.45, 2.75) is 45.2 Å². The number of piperidine rings is 1. The van der Waals surface area contributed by atoms with E-state index in [1.54, 1.807) is 12.3 Å². The number of nitrogens with zero attached hydrogens (tertiary/aromatic N) is 8. The molecule has 0 spiro atoms. The molecule has 2 aromatic carbocycles. The SMILES string of the molecule is Cc1cc2[nH]ncc2c(-c2c(Cl)cc3c(nc(N4CC(C)(N(C)C)C4)c4cnn(C5CCN(C(=O)/C=C/CN(C)C)CC5)c43)c2F)c1C. The largest absolute Gasteiger partial charge is 0.352 e. The van der Waals surface area contributed by atoms with Crippen LogP contribution < -0.4 is 4.90 Å². The number of likely N-dealkylation sites (N-methyl/N-ethyl adjacent to an activating group) is 2. The van der Waals surface area contributed by atoms with E-state index in [1.165, 1.54) is 0 Å². The van der Waals surface area contributed by atoms with Crippen LogP contribution in [0.3, 0.4) is 0 Å². The van der Waals surface area contributed by atoms with Gasteiger partial charge in [0.25, 0.3) is 0 Å². The number of aromatic nitrogens is 5. The van der Waals surface area contributed by atoms with Crippen molar-refractivity contribution < 1.29 is 9.18 Å². The number of likely N-dealkylation sites (tertiary alicyclic amines) is 1. The average Bonchev–Trinajstić information content (AvgIpc) is 3.68. The second kappa shape index (κ2) is 12.1. The fraction of sp³-hybridized carbons (Fsp3) is 0.444. The van der Waals surface area contributed by atoms with Crippen LogP contribution in [0.5, 0.6) is 0 Å². The van der Waals surface area contributed by atoms with Gasteiger partial charge in [0.2, 0.25) is 5.91 Å². The summed E-state index contributed by atoms with van der Waals surface area (Å²) in [5, 5.41) is 14.8. The smallest absolute Gasteiger partial charge is 0.246 e. The Labute approximate surface area is 285 Å². The van der Waals surface area contributed by atoms with E-state index in [1.807, 2.05) is 66.8 Å². The van der Waals surface area contributed by atoms with E-state index in [0.717, 1.165) is 70.2 Å². The quantitative estimate of drug-likeness (QED) is 0.214. The molecule has 0 radical (unpaired) electrons. The van der Waals surface area contributed by atoms with Gasteiger partial charge in [-0.05, 0) is 85.1 Å². The minimum atomic E-state index is -0.453. The van der Waals surface area contributed by atoms with Crippen LogP contribution in [0, 0.1) is 19.7 Å². The molecule has 0 saturated carbocycles. The Kier molecular flexibility index (Phi) is 8.20. The van der Waals surface area contributed by atoms with E-state index in [4.69, 9.17) is 21.7 Å². The number of amides is 1. The number of aryl methyl sites for hydroxylation is 1. The molecule has 5 aromatic rings. The molecular formula is C36H43ClFN9O. The van der Waals surface area contributed by atoms with E-state index in [0.29, 0.717) is 35.6 Å². The van der Waals surface area contributed by atoms with Crippen molar-refractivity contribution in [2.75, 3.05) is 65.8 Å². The molecule has 7 rings (SSSR count). The van der Waals surface area contributed by atoms with Crippen LogP contribution in [-0.2, 0) is 4.79 Å². The molecule has 12 heteroatoms. The van der Waals surface area contributed by atoms with Gasteiger partial charge in [0.1, 0.15) is 11.3 Å². The van der Waals surface area contributed by atoms with Crippen LogP contribution in [0.4, 0.5) is 10.2 Å². The number of pyridine rings is 1. The normalized spacial score (nSPS) is 17.2. The molecule has 1 N–H and O–H groups in total. The number of halogens is 2. The van der Waals surface area contributed by atoms with Crippen molar-refractivity contribution in [1.82, 2.24) is 39.7 Å². The number of anilines is 1. The van der Waals surface area contributed by atoms with Crippen LogP contribution in [0.15, 0.2) is 36.7 Å². The minimum Gasteiger partial charge on any atom is -0.352 e. The first-order valence-electron chi connectivity index (χ1n) is 16.5. The first kappa shape index (κ1) is 32.5. The molecule has 2 saturated heterocycles. The van der Waals surface area contributed by atoms with E-state index in [2.05, 4.69) is 41.0 Å². The van der Waals surface area contributed by atoms with Crippen molar-refractivity contribution >= 4 is 56.0 Å². The van der Waals surface area contributed by atoms with Gasteiger partial charge in [-0.25, -0.2) is 9.37 Å². The molecule has 10 nitrogen and oxygen atoms in total. The summed E-state index contributed by atoms with van der Waals surface area (Å²) >= 11 is 7.07. The zero-order valence-electron chi connectivity index (χ0n) is 28.7. The standard InChI is InChI=1S/C36H43ClFN9O/c1-21-15-28-25(17-39-42-28)30(22(21)2)31-27(37)16-24-33(32(31)38)41-35(46-19-36(3,20-46)44(6)7)26-18-40-47(34(24)26)23-10-13-45(14-11-23)29(48)9-8-12-43(4)5/h8-9,15-18,23H,10-14,19-20H2,1-7H3,(H,39,42)/b9-8+. The van der Waals surface area contributed by atoms with E-state index < -0.39 is 5.82 Å². The fourth-order valence-corrected chi connectivity index (χ4v) is 7.55. The summed E-state index contributed by atoms with van der Waals surface area (Å²) in [6.45, 7) is 9.70. The summed E-state index contributed by atoms with van der Waals surface area (Å²) < 4.78 is 19.2. The summed E-state index contributed by atoms with van der Waals surface area (Å²) in [5.41, 5.74) is 4.91. The Hall–Kier alpha value is -4.06. The van der Waals surface area contributed by atoms with Crippen LogP contribution in [0.2, 0.25) is 5.02 Å². The van der Waals surface area contributed by atoms with Gasteiger partial charge >= 0.3 is 0 Å². The van der Waals surface area contributed by atoms with E-state index in [9.17, 15) is 4.79 Å². The Balaban J connectivity index is 1.35. The number of carbonyl (C=O) groups excluding carboxylic acids is 1. The molecule has 48 heavy (non-hydrogen) atoms. The van der Waals surface area contributed by atoms with Gasteiger partial charge in [-0.1, -0.05) is 17.7 Å². The lowest BCUT2D eigenvalue weighted by atomic mass is 9.90. The number of benzene rings is 2. The average molecular weight is 672 g/mol. The van der Waals surface area contributed by atoms with E-state index >= 15 is 4.39 Å². The van der Waals surface area contributed by atoms with Crippen LogP contribution in [-0.4, -0.2) is 112 Å². The van der Waals surface area contributed by atoms with Crippen LogP contribution in [0.1, 0.15) is 36.9 Å². The third-order valence-corrected chi connectivity index (χ3v) is 10.8. The number of hydrogen-bond donors (Lipinski definition) is 1. The summed E-state index contributed by atoms with van der Waals surface area (Å²) in [6.07, 6.45) is 8.63. The molecule has 0 bridgehead atoms. The van der Waals surface area contributed by atoms with Gasteiger partial charge in [0.15, 0.2) is 5.82 Å². The maximum atomic E-state index is 17.2. The third-order valence-electron chi connectivity index (χ3n) is 10.5. The number of fused-ring (bicyclic) bond motifs is 4. The van der Waals surface area contributed by atoms with E-state index in [-0.39, 0.29) is 23.0 Å². The second-order valence-electron chi connectivity index (χ2n) is 14.2. The van der Waals surface area contributed by atoms with Crippen molar-refractivity contribution in [2.24, 2.45) is 0 Å². The molecule has 0 unspecified atom stereocenters. The molecule has 2 aliphatic heterocycles. The molecule has 5 heterocycles. The molecule has 0 aliphatic carbocycles. The van der Waals surface area contributed by atoms with Gasteiger partial charge < -0.3 is 19.6 Å². The second-order valence-corrected chi connectivity index (χ2v) is 14.6. The van der Waals surface area contributed by atoms with Crippen molar-refractivity contribution in [1.29, 1.82) is 0 Å². The highest BCUT2D eigenvalue weighted by Gasteiger charge is 2.42. The number of carbonyl (C=O) groups is 1. The lowest BCUT2D eigenvalue weighted by Gasteiger charge is -2.52. The summed E-state index contributed by atoms with van der Waals surface area (Å²) in [4.78, 5) is 26.3. The maximum absolute atomic E-state index is 17.2. The summed E-state index contributed by atoms with van der Waals surface area (Å²) in [6, 6.07) is 3.91. The van der Waals surface area contributed by atoms with Crippen molar-refractivity contribution in [3.63, 3.8) is 0 Å². The third kappa shape index (κ3) is 5.32. The zero-order valence-corrected chi connectivity index (χ0v) is 29.5. The number of H-pyrrole nitrogens is 1. The highest BCUT2D eigenvalue weighted by atomic mass is 35.5. The number of rotatable bonds is 7. The van der Waals surface area contributed by atoms with Gasteiger partial charge in [0.05, 0.1) is 45.4 Å². The minimum absolute atomic E-state index is 0.0193. The Bertz CT molecular complexity index is 2080. The van der Waals surface area contributed by atoms with Crippen molar-refractivity contribution in [3.8, 4) is 11.1 Å². The Morgan fingerprint density at radius 3 is 2.50 bits per heavy atom. The lowest BCUT2D eigenvalue weighted by Crippen LogP contribution is -2.67. The Morgan fingerprint density at radius 1 is 1.08 bits per heavy atom. The van der Waals surface area contributed by atoms with Gasteiger partial charge in [-0.3, -0.25) is 14.6 Å². The molecule has 1 amide bonds. The van der Waals surface area contributed by atoms with Crippen molar-refractivity contribution in [3.05, 3.63) is 58.6 Å². The fourth-order valence-electron chi connectivity index (χ4n) is 7.27. The monoisotopic (exact) mass is 671 g/mol. The number of nitrogens with one attached hydrogen (secondary N) is 1. The predicted octanol–water partition coefficient (Wildman–Crippen LogP) is 5.96. The topological polar surface area (TPSA) is 89.4 Å². The molecule has 2 aliphatic rings. The van der Waals surface area contributed by atoms with Crippen LogP contribution >= 0.6 is 11.6 Å². The summed E-state index contributed by atoms with van der Waals surface area (Å²) in [5.74, 6) is 0.299. The zero-order chi connectivity index (χ0) is 34.1. The van der Waals surface area contributed by atoms with Gasteiger partial charge in [-0.2, -0.15) is 10.2 Å². The molecule has 3 aromatic heterocycles. The van der Waals surface area contributed by atoms with Gasteiger partial charge in [0, 0.05) is 60.7 Å². The number of aromatic amines is 1. The Morgan fingerprint density at radius 2 is 1.81 bits per heavy atom. The van der Waals surface area contributed by atoms with Gasteiger partial charge in [-0.15, -0.1) is 0 Å². The first-order valence-corrected chi connectivity index (χ1v) is 16.9. The lowest BCUT2D eigenvalue weighted by molar-refractivity contribution is -0.127. The molecular weight excluding hydrogens is 629 g/mol. The predicted molar refractivity (Wildman–Crippen MR) is 191 cm³/mol. The van der Waals surface area contributed by atoms with Crippen LogP contribution in [0.25, 0.3) is 43.8 Å². The summed E-state index contributed by atoms with van der Waals surface area (Å²) in [7, 11) is 8.12. The highest BCUT2D eigenvalue weighted by molar-refractivity contribution is 6.35. The molecule has 0 atom stereocenters. The first-order chi connectivity index (χ1) is 22.9. The number of hydrogen-bond acceptors (Lipinski definition) is 7. The molecule has 2 fully saturated rings.